The number of hydrogen-bond acceptors (Lipinski definition) is 3. The molecule has 0 atom stereocenters. The van der Waals surface area contributed by atoms with Crippen LogP contribution in [0.25, 0.3) is 0 Å². The summed E-state index contributed by atoms with van der Waals surface area (Å²) in [6, 6.07) is 10.8. The van der Waals surface area contributed by atoms with E-state index in [1.54, 1.807) is 30.3 Å². The first-order chi connectivity index (χ1) is 10.4. The van der Waals surface area contributed by atoms with E-state index in [2.05, 4.69) is 5.10 Å². The van der Waals surface area contributed by atoms with Crippen molar-refractivity contribution < 1.29 is 12.8 Å². The molecule has 0 aromatic heterocycles. The van der Waals surface area contributed by atoms with Gasteiger partial charge in [-0.1, -0.05) is 29.8 Å². The lowest BCUT2D eigenvalue weighted by Gasteiger charge is -2.11. The molecule has 7 heteroatoms. The van der Waals surface area contributed by atoms with Gasteiger partial charge in [0.15, 0.2) is 0 Å². The molecule has 0 N–H and O–H groups in total. The van der Waals surface area contributed by atoms with Gasteiger partial charge in [0.05, 0.1) is 11.5 Å². The summed E-state index contributed by atoms with van der Waals surface area (Å²) < 4.78 is 38.8. The summed E-state index contributed by atoms with van der Waals surface area (Å²) in [6.07, 6.45) is 0. The molecule has 1 aliphatic heterocycles. The number of benzene rings is 2. The molecule has 0 radical (unpaired) electrons. The minimum absolute atomic E-state index is 0.182. The fourth-order valence-corrected chi connectivity index (χ4v) is 3.50. The molecule has 3 rings (SSSR count). The Morgan fingerprint density at radius 3 is 2.73 bits per heavy atom. The summed E-state index contributed by atoms with van der Waals surface area (Å²) in [5.41, 5.74) is 2.04. The molecule has 22 heavy (non-hydrogen) atoms. The van der Waals surface area contributed by atoms with Crippen LogP contribution in [-0.2, 0) is 15.8 Å². The number of halogens is 2. The zero-order chi connectivity index (χ0) is 15.9. The van der Waals surface area contributed by atoms with E-state index < -0.39 is 15.8 Å². The van der Waals surface area contributed by atoms with Crippen LogP contribution < -0.4 is 0 Å². The van der Waals surface area contributed by atoms with Gasteiger partial charge in [0.2, 0.25) is 0 Å². The summed E-state index contributed by atoms with van der Waals surface area (Å²) in [5.74, 6) is -0.600. The minimum Gasteiger partial charge on any atom is -0.207 e. The van der Waals surface area contributed by atoms with Gasteiger partial charge in [-0.3, -0.25) is 0 Å². The fraction of sp³-hybridized carbons (Fsp3) is 0.133. The van der Waals surface area contributed by atoms with Crippen molar-refractivity contribution >= 4 is 27.3 Å². The molecule has 0 aliphatic carbocycles. The zero-order valence-electron chi connectivity index (χ0n) is 11.6. The highest BCUT2D eigenvalue weighted by atomic mass is 35.5. The van der Waals surface area contributed by atoms with Crippen molar-refractivity contribution in [2.45, 2.75) is 5.75 Å². The molecule has 0 bridgehead atoms. The molecule has 0 saturated carbocycles. The summed E-state index contributed by atoms with van der Waals surface area (Å²) >= 11 is 6.03. The SMILES string of the molecule is CN1N=C(c2cccc(F)c2)c2cc(Cl)ccc2CS1(=O)=O. The number of fused-ring (bicyclic) bond motifs is 1. The van der Waals surface area contributed by atoms with Gasteiger partial charge < -0.3 is 0 Å². The third-order valence-corrected chi connectivity index (χ3v) is 5.20. The first-order valence-electron chi connectivity index (χ1n) is 6.47. The van der Waals surface area contributed by atoms with Crippen LogP contribution in [0.2, 0.25) is 5.02 Å². The van der Waals surface area contributed by atoms with E-state index in [1.165, 1.54) is 19.2 Å². The lowest BCUT2D eigenvalue weighted by atomic mass is 9.98. The Hall–Kier alpha value is -1.92. The predicted molar refractivity (Wildman–Crippen MR) is 83.9 cm³/mol. The zero-order valence-corrected chi connectivity index (χ0v) is 13.2. The van der Waals surface area contributed by atoms with E-state index in [4.69, 9.17) is 11.6 Å². The summed E-state index contributed by atoms with van der Waals surface area (Å²) in [5, 5.41) is 4.62. The van der Waals surface area contributed by atoms with Crippen molar-refractivity contribution in [1.82, 2.24) is 4.41 Å². The molecule has 114 valence electrons. The maximum absolute atomic E-state index is 13.5. The van der Waals surface area contributed by atoms with Crippen LogP contribution in [-0.4, -0.2) is 25.6 Å². The second kappa shape index (κ2) is 5.37. The molecule has 0 amide bonds. The minimum atomic E-state index is -3.57. The first-order valence-corrected chi connectivity index (χ1v) is 8.45. The molecule has 1 aliphatic rings. The largest absolute Gasteiger partial charge is 0.253 e. The van der Waals surface area contributed by atoms with E-state index in [0.29, 0.717) is 27.4 Å². The van der Waals surface area contributed by atoms with Crippen molar-refractivity contribution in [3.05, 3.63) is 70.0 Å². The van der Waals surface area contributed by atoms with Crippen LogP contribution in [0.5, 0.6) is 0 Å². The third-order valence-electron chi connectivity index (χ3n) is 3.41. The molecule has 1 heterocycles. The van der Waals surface area contributed by atoms with E-state index in [1.807, 2.05) is 0 Å². The van der Waals surface area contributed by atoms with Crippen LogP contribution in [0.1, 0.15) is 16.7 Å². The van der Waals surface area contributed by atoms with Gasteiger partial charge in [-0.25, -0.2) is 12.8 Å². The third kappa shape index (κ3) is 2.71. The molecular formula is C15H12ClFN2O2S. The van der Waals surface area contributed by atoms with Crippen LogP contribution in [0, 0.1) is 5.82 Å². The maximum Gasteiger partial charge on any atom is 0.253 e. The second-order valence-electron chi connectivity index (χ2n) is 4.95. The molecule has 0 fully saturated rings. The van der Waals surface area contributed by atoms with Crippen molar-refractivity contribution in [1.29, 1.82) is 0 Å². The lowest BCUT2D eigenvalue weighted by molar-refractivity contribution is 0.490. The molecular weight excluding hydrogens is 327 g/mol. The van der Waals surface area contributed by atoms with Gasteiger partial charge in [0.25, 0.3) is 10.0 Å². The smallest absolute Gasteiger partial charge is 0.207 e. The van der Waals surface area contributed by atoms with E-state index in [9.17, 15) is 12.8 Å². The average molecular weight is 339 g/mol. The number of hydrazone groups is 1. The average Bonchev–Trinajstić information content (AvgIpc) is 2.55. The number of hydrogen-bond donors (Lipinski definition) is 0. The molecule has 0 unspecified atom stereocenters. The van der Waals surface area contributed by atoms with Gasteiger partial charge in [-0.2, -0.15) is 9.52 Å². The second-order valence-corrected chi connectivity index (χ2v) is 7.37. The van der Waals surface area contributed by atoms with Crippen molar-refractivity contribution in [2.24, 2.45) is 5.10 Å². The Kier molecular flexibility index (Phi) is 3.66. The topological polar surface area (TPSA) is 49.7 Å². The summed E-state index contributed by atoms with van der Waals surface area (Å²) in [7, 11) is -2.20. The van der Waals surface area contributed by atoms with E-state index in [0.717, 1.165) is 4.41 Å². The molecule has 4 nitrogen and oxygen atoms in total. The number of rotatable bonds is 1. The molecule has 2 aromatic rings. The van der Waals surface area contributed by atoms with Gasteiger partial charge in [-0.15, -0.1) is 0 Å². The highest BCUT2D eigenvalue weighted by Crippen LogP contribution is 2.26. The Bertz CT molecular complexity index is 881. The Morgan fingerprint density at radius 1 is 1.23 bits per heavy atom. The van der Waals surface area contributed by atoms with Crippen molar-refractivity contribution in [2.75, 3.05) is 7.05 Å². The van der Waals surface area contributed by atoms with Crippen molar-refractivity contribution in [3.63, 3.8) is 0 Å². The van der Waals surface area contributed by atoms with Gasteiger partial charge in [-0.05, 0) is 29.8 Å². The van der Waals surface area contributed by atoms with Gasteiger partial charge in [0.1, 0.15) is 5.82 Å². The van der Waals surface area contributed by atoms with Gasteiger partial charge >= 0.3 is 0 Å². The number of nitrogens with zero attached hydrogens (tertiary/aromatic N) is 2. The highest BCUT2D eigenvalue weighted by molar-refractivity contribution is 7.88. The predicted octanol–water partition coefficient (Wildman–Crippen LogP) is 3.01. The van der Waals surface area contributed by atoms with Gasteiger partial charge in [0, 0.05) is 23.2 Å². The Balaban J connectivity index is 2.29. The van der Waals surface area contributed by atoms with Crippen LogP contribution in [0.3, 0.4) is 0 Å². The normalized spacial score (nSPS) is 16.7. The van der Waals surface area contributed by atoms with E-state index >= 15 is 0 Å². The Morgan fingerprint density at radius 2 is 2.00 bits per heavy atom. The number of sulfonamides is 1. The quantitative estimate of drug-likeness (QED) is 0.802. The molecule has 0 saturated heterocycles. The van der Waals surface area contributed by atoms with E-state index in [-0.39, 0.29) is 5.75 Å². The first kappa shape index (κ1) is 15.0. The van der Waals surface area contributed by atoms with Crippen molar-refractivity contribution in [3.8, 4) is 0 Å². The summed E-state index contributed by atoms with van der Waals surface area (Å²) in [6.45, 7) is 0. The van der Waals surface area contributed by atoms with Crippen LogP contribution in [0.15, 0.2) is 47.6 Å². The van der Waals surface area contributed by atoms with Crippen LogP contribution in [0.4, 0.5) is 4.39 Å². The van der Waals surface area contributed by atoms with Crippen LogP contribution >= 0.6 is 11.6 Å². The summed E-state index contributed by atoms with van der Waals surface area (Å²) in [4.78, 5) is 0. The molecule has 0 spiro atoms. The standard InChI is InChI=1S/C15H12ClFN2O2S/c1-19-18-15(10-3-2-4-13(17)7-10)14-8-12(16)6-5-11(14)9-22(19,20)21/h2-8H,9H2,1H3. The monoisotopic (exact) mass is 338 g/mol. The molecule has 2 aromatic carbocycles. The fourth-order valence-electron chi connectivity index (χ4n) is 2.29. The maximum atomic E-state index is 13.5. The highest BCUT2D eigenvalue weighted by Gasteiger charge is 2.26. The Labute approximate surface area is 132 Å². The lowest BCUT2D eigenvalue weighted by Crippen LogP contribution is -2.22.